The maximum Gasteiger partial charge on any atom is 0.242 e. The van der Waals surface area contributed by atoms with E-state index in [9.17, 15) is 4.79 Å². The molecule has 1 N–H and O–H groups in total. The summed E-state index contributed by atoms with van der Waals surface area (Å²) in [7, 11) is 3.27. The molecule has 0 saturated heterocycles. The number of rotatable bonds is 5. The largest absolute Gasteiger partial charge is 0.493 e. The molecular weight excluding hydrogens is 340 g/mol. The number of hydrogen-bond donors (Lipinski definition) is 1. The van der Waals surface area contributed by atoms with Crippen molar-refractivity contribution in [2.75, 3.05) is 32.6 Å². The molecule has 1 amide bonds. The third-order valence-corrected chi connectivity index (χ3v) is 5.16. The second-order valence-electron chi connectivity index (χ2n) is 7.17. The summed E-state index contributed by atoms with van der Waals surface area (Å²) >= 11 is 0. The fourth-order valence-electron chi connectivity index (χ4n) is 3.83. The van der Waals surface area contributed by atoms with Crippen LogP contribution in [0, 0.1) is 20.8 Å². The van der Waals surface area contributed by atoms with Crippen molar-refractivity contribution >= 4 is 11.6 Å². The highest BCUT2D eigenvalue weighted by molar-refractivity contribution is 5.82. The third kappa shape index (κ3) is 4.02. The molecule has 5 nitrogen and oxygen atoms in total. The van der Waals surface area contributed by atoms with Crippen molar-refractivity contribution in [2.24, 2.45) is 0 Å². The van der Waals surface area contributed by atoms with Crippen LogP contribution >= 0.6 is 0 Å². The van der Waals surface area contributed by atoms with Gasteiger partial charge in [-0.1, -0.05) is 17.7 Å². The average molecular weight is 368 g/mol. The lowest BCUT2D eigenvalue weighted by molar-refractivity contribution is -0.130. The van der Waals surface area contributed by atoms with Crippen molar-refractivity contribution in [1.82, 2.24) is 4.90 Å². The molecule has 1 aliphatic heterocycles. The van der Waals surface area contributed by atoms with Gasteiger partial charge in [0.2, 0.25) is 5.91 Å². The van der Waals surface area contributed by atoms with E-state index >= 15 is 0 Å². The molecule has 0 saturated carbocycles. The van der Waals surface area contributed by atoms with Gasteiger partial charge in [-0.15, -0.1) is 0 Å². The first kappa shape index (κ1) is 19.1. The fraction of sp³-hybridized carbons (Fsp3) is 0.409. The van der Waals surface area contributed by atoms with Crippen LogP contribution < -0.4 is 14.8 Å². The Morgan fingerprint density at radius 1 is 1.00 bits per heavy atom. The van der Waals surface area contributed by atoms with Crippen molar-refractivity contribution in [3.8, 4) is 11.5 Å². The van der Waals surface area contributed by atoms with Gasteiger partial charge in [0.25, 0.3) is 0 Å². The molecule has 0 aliphatic carbocycles. The van der Waals surface area contributed by atoms with Gasteiger partial charge in [0.1, 0.15) is 0 Å². The van der Waals surface area contributed by atoms with Gasteiger partial charge >= 0.3 is 0 Å². The maximum atomic E-state index is 12.8. The Labute approximate surface area is 161 Å². The molecule has 5 heteroatoms. The van der Waals surface area contributed by atoms with Gasteiger partial charge in [0.05, 0.1) is 20.8 Å². The highest BCUT2D eigenvalue weighted by atomic mass is 16.5. The van der Waals surface area contributed by atoms with Crippen molar-refractivity contribution in [3.05, 3.63) is 52.1 Å². The Morgan fingerprint density at radius 3 is 2.19 bits per heavy atom. The minimum absolute atomic E-state index is 0.106. The number of nitrogens with zero attached hydrogens (tertiary/aromatic N) is 1. The number of aryl methyl sites for hydroxylation is 3. The van der Waals surface area contributed by atoms with E-state index < -0.39 is 0 Å². The van der Waals surface area contributed by atoms with E-state index in [2.05, 4.69) is 38.2 Å². The lowest BCUT2D eigenvalue weighted by Gasteiger charge is -2.30. The molecule has 0 fully saturated rings. The van der Waals surface area contributed by atoms with Crippen molar-refractivity contribution in [2.45, 2.75) is 33.7 Å². The molecule has 144 valence electrons. The molecule has 2 aromatic carbocycles. The molecule has 0 unspecified atom stereocenters. The number of carbonyl (C=O) groups excluding carboxylic acids is 1. The van der Waals surface area contributed by atoms with Crippen molar-refractivity contribution < 1.29 is 14.3 Å². The third-order valence-electron chi connectivity index (χ3n) is 5.16. The molecule has 1 heterocycles. The predicted octanol–water partition coefficient (Wildman–Crippen LogP) is 3.63. The monoisotopic (exact) mass is 368 g/mol. The van der Waals surface area contributed by atoms with E-state index in [4.69, 9.17) is 9.47 Å². The molecule has 0 spiro atoms. The highest BCUT2D eigenvalue weighted by Gasteiger charge is 2.23. The van der Waals surface area contributed by atoms with E-state index in [1.165, 1.54) is 22.3 Å². The Balaban J connectivity index is 1.69. The highest BCUT2D eigenvalue weighted by Crippen LogP contribution is 2.33. The zero-order chi connectivity index (χ0) is 19.6. The Kier molecular flexibility index (Phi) is 5.59. The van der Waals surface area contributed by atoms with Crippen LogP contribution in [0.4, 0.5) is 5.69 Å². The van der Waals surface area contributed by atoms with Crippen LogP contribution in [0.25, 0.3) is 0 Å². The van der Waals surface area contributed by atoms with Crippen molar-refractivity contribution in [3.63, 3.8) is 0 Å². The number of hydrogen-bond acceptors (Lipinski definition) is 4. The number of benzene rings is 2. The minimum atomic E-state index is 0.106. The topological polar surface area (TPSA) is 50.8 Å². The van der Waals surface area contributed by atoms with Crippen LogP contribution in [-0.4, -0.2) is 38.1 Å². The van der Waals surface area contributed by atoms with Crippen LogP contribution in [0.3, 0.4) is 0 Å². The second-order valence-corrected chi connectivity index (χ2v) is 7.17. The fourth-order valence-corrected chi connectivity index (χ4v) is 3.83. The summed E-state index contributed by atoms with van der Waals surface area (Å²) in [6.07, 6.45) is 0.823. The summed E-state index contributed by atoms with van der Waals surface area (Å²) in [6.45, 7) is 7.85. The number of carbonyl (C=O) groups is 1. The Morgan fingerprint density at radius 2 is 1.59 bits per heavy atom. The second kappa shape index (κ2) is 7.91. The quantitative estimate of drug-likeness (QED) is 0.876. The van der Waals surface area contributed by atoms with E-state index in [1.54, 1.807) is 14.2 Å². The van der Waals surface area contributed by atoms with E-state index in [0.29, 0.717) is 18.8 Å². The summed E-state index contributed by atoms with van der Waals surface area (Å²) in [5, 5.41) is 3.33. The van der Waals surface area contributed by atoms with E-state index in [0.717, 1.165) is 30.0 Å². The van der Waals surface area contributed by atoms with Crippen LogP contribution in [-0.2, 0) is 17.8 Å². The average Bonchev–Trinajstić information content (AvgIpc) is 2.65. The first-order valence-corrected chi connectivity index (χ1v) is 9.26. The van der Waals surface area contributed by atoms with E-state index in [-0.39, 0.29) is 5.91 Å². The van der Waals surface area contributed by atoms with Gasteiger partial charge in [0, 0.05) is 18.8 Å². The number of amides is 1. The van der Waals surface area contributed by atoms with Crippen LogP contribution in [0.1, 0.15) is 27.8 Å². The molecule has 0 bridgehead atoms. The van der Waals surface area contributed by atoms with E-state index in [1.807, 2.05) is 17.0 Å². The van der Waals surface area contributed by atoms with Crippen molar-refractivity contribution in [1.29, 1.82) is 0 Å². The maximum absolute atomic E-state index is 12.8. The van der Waals surface area contributed by atoms with Gasteiger partial charge in [-0.25, -0.2) is 0 Å². The SMILES string of the molecule is COc1cc2c(cc1OC)CN(C(=O)CNc1c(C)cc(C)cc1C)CC2. The first-order chi connectivity index (χ1) is 12.9. The zero-order valence-corrected chi connectivity index (χ0v) is 16.8. The number of anilines is 1. The Bertz CT molecular complexity index is 838. The zero-order valence-electron chi connectivity index (χ0n) is 16.8. The van der Waals surface area contributed by atoms with Crippen LogP contribution in [0.15, 0.2) is 24.3 Å². The molecular formula is C22H28N2O3. The van der Waals surface area contributed by atoms with Gasteiger partial charge < -0.3 is 19.7 Å². The molecule has 1 aliphatic rings. The molecule has 27 heavy (non-hydrogen) atoms. The lowest BCUT2D eigenvalue weighted by atomic mass is 9.98. The summed E-state index contributed by atoms with van der Waals surface area (Å²) in [4.78, 5) is 14.7. The number of nitrogens with one attached hydrogen (secondary N) is 1. The predicted molar refractivity (Wildman–Crippen MR) is 108 cm³/mol. The van der Waals surface area contributed by atoms with Gasteiger partial charge in [0.15, 0.2) is 11.5 Å². The number of ether oxygens (including phenoxy) is 2. The minimum Gasteiger partial charge on any atom is -0.493 e. The summed E-state index contributed by atoms with van der Waals surface area (Å²) < 4.78 is 10.8. The molecule has 0 aromatic heterocycles. The standard InChI is InChI=1S/C22H28N2O3/c1-14-8-15(2)22(16(3)9-14)23-12-21(25)24-7-6-17-10-19(26-4)20(27-5)11-18(17)13-24/h8-11,23H,6-7,12-13H2,1-5H3. The van der Waals surface area contributed by atoms with Crippen LogP contribution in [0.5, 0.6) is 11.5 Å². The lowest BCUT2D eigenvalue weighted by Crippen LogP contribution is -2.39. The van der Waals surface area contributed by atoms with Gasteiger partial charge in [-0.3, -0.25) is 4.79 Å². The van der Waals surface area contributed by atoms with Crippen LogP contribution in [0.2, 0.25) is 0 Å². The van der Waals surface area contributed by atoms with Gasteiger partial charge in [-0.05, 0) is 61.6 Å². The molecule has 0 radical (unpaired) electrons. The molecule has 0 atom stereocenters. The smallest absolute Gasteiger partial charge is 0.242 e. The molecule has 2 aromatic rings. The first-order valence-electron chi connectivity index (χ1n) is 9.26. The summed E-state index contributed by atoms with van der Waals surface area (Å²) in [6, 6.07) is 8.27. The normalized spacial score (nSPS) is 13.1. The number of fused-ring (bicyclic) bond motifs is 1. The Hall–Kier alpha value is -2.69. The summed E-state index contributed by atoms with van der Waals surface area (Å²) in [5.74, 6) is 1.55. The molecule has 3 rings (SSSR count). The number of methoxy groups -OCH3 is 2. The summed E-state index contributed by atoms with van der Waals surface area (Å²) in [5.41, 5.74) is 6.96. The van der Waals surface area contributed by atoms with Gasteiger partial charge in [-0.2, -0.15) is 0 Å².